The van der Waals surface area contributed by atoms with Crippen LogP contribution in [-0.4, -0.2) is 36.7 Å². The van der Waals surface area contributed by atoms with E-state index in [9.17, 15) is 0 Å². The van der Waals surface area contributed by atoms with Crippen LogP contribution in [0.15, 0.2) is 4.99 Å². The second-order valence-electron chi connectivity index (χ2n) is 5.84. The molecule has 18 heavy (non-hydrogen) atoms. The van der Waals surface area contributed by atoms with Crippen molar-refractivity contribution in [1.29, 1.82) is 0 Å². The summed E-state index contributed by atoms with van der Waals surface area (Å²) in [7, 11) is 0. The molecule has 2 rings (SSSR count). The smallest absolute Gasteiger partial charge is 0.156 e. The maximum atomic E-state index is 5.60. The Morgan fingerprint density at radius 3 is 3.00 bits per heavy atom. The van der Waals surface area contributed by atoms with Crippen molar-refractivity contribution >= 4 is 16.9 Å². The Morgan fingerprint density at radius 2 is 2.28 bits per heavy atom. The van der Waals surface area contributed by atoms with Gasteiger partial charge in [0.1, 0.15) is 0 Å². The molecule has 2 fully saturated rings. The summed E-state index contributed by atoms with van der Waals surface area (Å²) in [5, 5.41) is 4.66. The highest BCUT2D eigenvalue weighted by Gasteiger charge is 2.21. The lowest BCUT2D eigenvalue weighted by Crippen LogP contribution is -2.28. The molecule has 0 amide bonds. The Labute approximate surface area is 115 Å². The molecule has 1 aliphatic carbocycles. The molecule has 0 aromatic carbocycles. The molecule has 1 aliphatic heterocycles. The second kappa shape index (κ2) is 7.39. The minimum absolute atomic E-state index is 0.625. The van der Waals surface area contributed by atoms with Gasteiger partial charge in [-0.3, -0.25) is 4.99 Å². The summed E-state index contributed by atoms with van der Waals surface area (Å²) in [6.45, 7) is 7.29. The van der Waals surface area contributed by atoms with E-state index in [0.29, 0.717) is 6.04 Å². The Kier molecular flexibility index (Phi) is 5.83. The topological polar surface area (TPSA) is 33.6 Å². The first-order chi connectivity index (χ1) is 8.74. The third-order valence-electron chi connectivity index (χ3n) is 3.26. The van der Waals surface area contributed by atoms with Gasteiger partial charge in [0, 0.05) is 31.6 Å². The maximum Gasteiger partial charge on any atom is 0.156 e. The third-order valence-corrected chi connectivity index (χ3v) is 4.35. The molecule has 1 N–H and O–H groups in total. The van der Waals surface area contributed by atoms with Crippen molar-refractivity contribution in [3.63, 3.8) is 0 Å². The van der Waals surface area contributed by atoms with Crippen molar-refractivity contribution in [1.82, 2.24) is 5.32 Å². The molecule has 1 saturated heterocycles. The number of thioether (sulfide) groups is 1. The molecule has 1 heterocycles. The van der Waals surface area contributed by atoms with Gasteiger partial charge in [0.15, 0.2) is 5.17 Å². The van der Waals surface area contributed by atoms with Crippen LogP contribution >= 0.6 is 11.8 Å². The summed E-state index contributed by atoms with van der Waals surface area (Å²) in [4.78, 5) is 4.60. The molecular formula is C14H26N2OS. The Hall–Kier alpha value is -0.220. The average molecular weight is 270 g/mol. The zero-order valence-electron chi connectivity index (χ0n) is 11.7. The van der Waals surface area contributed by atoms with Crippen LogP contribution in [0, 0.1) is 11.8 Å². The average Bonchev–Trinajstić information content (AvgIpc) is 3.04. The van der Waals surface area contributed by atoms with E-state index in [1.54, 1.807) is 0 Å². The molecule has 1 atom stereocenters. The molecule has 104 valence electrons. The van der Waals surface area contributed by atoms with E-state index in [4.69, 9.17) is 4.74 Å². The standard InChI is InChI=1S/C14H26N2OS/c1-11(2)8-13-10-18-14(16-13)15-6-3-7-17-9-12-4-5-12/h11-13H,3-10H2,1-2H3,(H,15,16). The highest BCUT2D eigenvalue weighted by molar-refractivity contribution is 8.14. The predicted octanol–water partition coefficient (Wildman–Crippen LogP) is 2.91. The van der Waals surface area contributed by atoms with Gasteiger partial charge in [0.2, 0.25) is 0 Å². The van der Waals surface area contributed by atoms with Crippen LogP contribution in [-0.2, 0) is 4.74 Å². The number of hydrogen-bond donors (Lipinski definition) is 1. The lowest BCUT2D eigenvalue weighted by atomic mass is 10.1. The Bertz CT molecular complexity index is 277. The zero-order valence-corrected chi connectivity index (χ0v) is 12.5. The third kappa shape index (κ3) is 5.61. The van der Waals surface area contributed by atoms with Gasteiger partial charge < -0.3 is 10.1 Å². The molecule has 0 spiro atoms. The van der Waals surface area contributed by atoms with Crippen LogP contribution in [0.3, 0.4) is 0 Å². The summed E-state index contributed by atoms with van der Waals surface area (Å²) >= 11 is 1.87. The molecular weight excluding hydrogens is 244 g/mol. The molecule has 1 unspecified atom stereocenters. The van der Waals surface area contributed by atoms with Gasteiger partial charge in [0.05, 0.1) is 0 Å². The van der Waals surface area contributed by atoms with Crippen molar-refractivity contribution in [2.24, 2.45) is 16.8 Å². The van der Waals surface area contributed by atoms with Crippen molar-refractivity contribution < 1.29 is 4.74 Å². The van der Waals surface area contributed by atoms with Gasteiger partial charge >= 0.3 is 0 Å². The fourth-order valence-electron chi connectivity index (χ4n) is 2.11. The number of nitrogens with zero attached hydrogens (tertiary/aromatic N) is 1. The number of aliphatic imine (C=N–C) groups is 1. The lowest BCUT2D eigenvalue weighted by molar-refractivity contribution is 0.123. The zero-order chi connectivity index (χ0) is 12.8. The van der Waals surface area contributed by atoms with Gasteiger partial charge in [-0.25, -0.2) is 0 Å². The van der Waals surface area contributed by atoms with Crippen molar-refractivity contribution in [2.75, 3.05) is 25.5 Å². The van der Waals surface area contributed by atoms with E-state index >= 15 is 0 Å². The summed E-state index contributed by atoms with van der Waals surface area (Å²) in [6.07, 6.45) is 5.05. The van der Waals surface area contributed by atoms with Gasteiger partial charge in [0.25, 0.3) is 0 Å². The minimum Gasteiger partial charge on any atom is -0.381 e. The number of amidine groups is 1. The molecule has 2 aliphatic rings. The van der Waals surface area contributed by atoms with E-state index < -0.39 is 0 Å². The normalized spacial score (nSPS) is 25.9. The molecule has 0 aromatic rings. The largest absolute Gasteiger partial charge is 0.381 e. The molecule has 0 aromatic heterocycles. The summed E-state index contributed by atoms with van der Waals surface area (Å²) in [5.41, 5.74) is 0. The number of rotatable bonds is 8. The van der Waals surface area contributed by atoms with Crippen LogP contribution in [0.25, 0.3) is 0 Å². The van der Waals surface area contributed by atoms with Gasteiger partial charge in [-0.05, 0) is 37.5 Å². The first kappa shape index (κ1) is 14.2. The molecule has 0 bridgehead atoms. The highest BCUT2D eigenvalue weighted by Crippen LogP contribution is 2.28. The van der Waals surface area contributed by atoms with Crippen molar-refractivity contribution in [3.05, 3.63) is 0 Å². The first-order valence-corrected chi connectivity index (χ1v) is 8.24. The van der Waals surface area contributed by atoms with Crippen molar-refractivity contribution in [2.45, 2.75) is 45.6 Å². The van der Waals surface area contributed by atoms with E-state index in [0.717, 1.165) is 43.2 Å². The first-order valence-electron chi connectivity index (χ1n) is 7.25. The van der Waals surface area contributed by atoms with E-state index in [-0.39, 0.29) is 0 Å². The van der Waals surface area contributed by atoms with E-state index in [1.807, 2.05) is 11.8 Å². The van der Waals surface area contributed by atoms with Crippen LogP contribution in [0.5, 0.6) is 0 Å². The minimum atomic E-state index is 0.625. The molecule has 1 saturated carbocycles. The van der Waals surface area contributed by atoms with Gasteiger partial charge in [-0.2, -0.15) is 0 Å². The quantitative estimate of drug-likeness (QED) is 0.689. The van der Waals surface area contributed by atoms with Crippen LogP contribution in [0.1, 0.15) is 39.5 Å². The number of hydrogen-bond acceptors (Lipinski definition) is 3. The monoisotopic (exact) mass is 270 g/mol. The van der Waals surface area contributed by atoms with E-state index in [2.05, 4.69) is 24.2 Å². The Balaban J connectivity index is 1.50. The van der Waals surface area contributed by atoms with Crippen LogP contribution < -0.4 is 5.32 Å². The van der Waals surface area contributed by atoms with E-state index in [1.165, 1.54) is 25.0 Å². The van der Waals surface area contributed by atoms with Crippen LogP contribution in [0.4, 0.5) is 0 Å². The van der Waals surface area contributed by atoms with Gasteiger partial charge in [-0.1, -0.05) is 25.6 Å². The summed E-state index contributed by atoms with van der Waals surface area (Å²) in [5.74, 6) is 2.81. The molecule has 3 nitrogen and oxygen atoms in total. The van der Waals surface area contributed by atoms with Crippen molar-refractivity contribution in [3.8, 4) is 0 Å². The molecule has 4 heteroatoms. The summed E-state index contributed by atoms with van der Waals surface area (Å²) in [6, 6.07) is 0.625. The number of nitrogens with one attached hydrogen (secondary N) is 1. The molecule has 0 radical (unpaired) electrons. The van der Waals surface area contributed by atoms with Gasteiger partial charge in [-0.15, -0.1) is 0 Å². The lowest BCUT2D eigenvalue weighted by Gasteiger charge is -2.11. The fraction of sp³-hybridized carbons (Fsp3) is 0.929. The second-order valence-corrected chi connectivity index (χ2v) is 6.85. The SMILES string of the molecule is CC(C)CC1CSC(=NCCCOCC2CC2)N1. The fourth-order valence-corrected chi connectivity index (χ4v) is 3.12. The summed E-state index contributed by atoms with van der Waals surface area (Å²) < 4.78 is 5.60. The highest BCUT2D eigenvalue weighted by atomic mass is 32.2. The van der Waals surface area contributed by atoms with Crippen LogP contribution in [0.2, 0.25) is 0 Å². The maximum absolute atomic E-state index is 5.60. The predicted molar refractivity (Wildman–Crippen MR) is 79.3 cm³/mol. The Morgan fingerprint density at radius 1 is 1.44 bits per heavy atom. The number of ether oxygens (including phenoxy) is 1.